The predicted octanol–water partition coefficient (Wildman–Crippen LogP) is 6.46. The van der Waals surface area contributed by atoms with Crippen molar-refractivity contribution in [2.75, 3.05) is 13.2 Å². The van der Waals surface area contributed by atoms with Gasteiger partial charge in [-0.05, 0) is 79.0 Å². The van der Waals surface area contributed by atoms with Crippen LogP contribution in [0.3, 0.4) is 0 Å². The number of rotatable bonds is 5. The Morgan fingerprint density at radius 1 is 1.03 bits per heavy atom. The van der Waals surface area contributed by atoms with E-state index in [1.54, 1.807) is 12.1 Å². The van der Waals surface area contributed by atoms with E-state index in [4.69, 9.17) is 4.74 Å². The Bertz CT molecular complexity index is 1130. The molecule has 5 rings (SSSR count). The van der Waals surface area contributed by atoms with E-state index in [0.29, 0.717) is 55.0 Å². The third kappa shape index (κ3) is 5.14. The first-order chi connectivity index (χ1) is 16.5. The van der Waals surface area contributed by atoms with Gasteiger partial charge in [-0.3, -0.25) is 4.79 Å². The molecule has 1 amide bonds. The maximum Gasteiger partial charge on any atom is 0.220 e. The van der Waals surface area contributed by atoms with Crippen molar-refractivity contribution in [3.63, 3.8) is 0 Å². The minimum absolute atomic E-state index is 0.0387. The monoisotopic (exact) mass is 472 g/mol. The maximum absolute atomic E-state index is 14.5. The van der Waals surface area contributed by atoms with Crippen LogP contribution in [0.2, 0.25) is 0 Å². The molecule has 182 valence electrons. The molecule has 2 aliphatic rings. The topological polar surface area (TPSA) is 54.1 Å². The number of amides is 1. The molecule has 7 heteroatoms. The standard InChI is InChI=1S/C25H25F3N2O2.C2H6/c26-17-3-1-15(2-4-17)24-23(20-12-18(27)13-21(28)25(20)30-24)16-10-19(11-16)29-22(31)9-14-5-7-32-8-6-14;1-2/h1-4,12-14,16,19,30H,5-11H2,(H,29,31);1-2H3. The summed E-state index contributed by atoms with van der Waals surface area (Å²) >= 11 is 0. The Kier molecular flexibility index (Phi) is 7.61. The van der Waals surface area contributed by atoms with E-state index in [9.17, 15) is 18.0 Å². The summed E-state index contributed by atoms with van der Waals surface area (Å²) in [5.41, 5.74) is 2.44. The molecule has 1 aliphatic carbocycles. The lowest BCUT2D eigenvalue weighted by Crippen LogP contribution is -2.44. The number of hydrogen-bond donors (Lipinski definition) is 2. The van der Waals surface area contributed by atoms with Crippen LogP contribution in [0.15, 0.2) is 36.4 Å². The molecule has 34 heavy (non-hydrogen) atoms. The van der Waals surface area contributed by atoms with Crippen LogP contribution in [0.25, 0.3) is 22.2 Å². The van der Waals surface area contributed by atoms with E-state index in [0.717, 1.165) is 24.5 Å². The lowest BCUT2D eigenvalue weighted by atomic mass is 9.74. The second-order valence-corrected chi connectivity index (χ2v) is 8.92. The van der Waals surface area contributed by atoms with Gasteiger partial charge in [0.1, 0.15) is 17.5 Å². The zero-order valence-electron chi connectivity index (χ0n) is 19.6. The third-order valence-corrected chi connectivity index (χ3v) is 6.72. The van der Waals surface area contributed by atoms with Crippen LogP contribution in [-0.2, 0) is 9.53 Å². The van der Waals surface area contributed by atoms with Gasteiger partial charge in [0.15, 0.2) is 0 Å². The molecule has 2 N–H and O–H groups in total. The highest BCUT2D eigenvalue weighted by molar-refractivity contribution is 5.92. The maximum atomic E-state index is 14.5. The fraction of sp³-hybridized carbons (Fsp3) is 0.444. The van der Waals surface area contributed by atoms with E-state index in [1.165, 1.54) is 18.2 Å². The number of aromatic nitrogens is 1. The van der Waals surface area contributed by atoms with E-state index in [2.05, 4.69) is 10.3 Å². The van der Waals surface area contributed by atoms with Gasteiger partial charge in [0, 0.05) is 37.1 Å². The smallest absolute Gasteiger partial charge is 0.220 e. The molecule has 0 radical (unpaired) electrons. The number of H-pyrrole nitrogens is 1. The second kappa shape index (κ2) is 10.6. The molecule has 1 aromatic heterocycles. The molecular weight excluding hydrogens is 441 g/mol. The quantitative estimate of drug-likeness (QED) is 0.448. The molecule has 0 unspecified atom stereocenters. The number of halogens is 3. The average Bonchev–Trinajstić information content (AvgIpc) is 3.17. The summed E-state index contributed by atoms with van der Waals surface area (Å²) in [6, 6.07) is 8.19. The van der Waals surface area contributed by atoms with Gasteiger partial charge in [0.05, 0.1) is 11.2 Å². The van der Waals surface area contributed by atoms with Crippen molar-refractivity contribution in [1.29, 1.82) is 0 Å². The van der Waals surface area contributed by atoms with Gasteiger partial charge >= 0.3 is 0 Å². The zero-order chi connectivity index (χ0) is 24.2. The van der Waals surface area contributed by atoms with Crippen molar-refractivity contribution in [2.45, 2.75) is 57.9 Å². The fourth-order valence-electron chi connectivity index (χ4n) is 4.98. The van der Waals surface area contributed by atoms with Gasteiger partial charge < -0.3 is 15.0 Å². The molecule has 2 fully saturated rings. The molecular formula is C27H31F3N2O2. The number of ether oxygens (including phenoxy) is 1. The number of benzene rings is 2. The normalized spacial score (nSPS) is 20.4. The number of fused-ring (bicyclic) bond motifs is 1. The van der Waals surface area contributed by atoms with Gasteiger partial charge in [-0.25, -0.2) is 13.2 Å². The Hall–Kier alpha value is -2.80. The van der Waals surface area contributed by atoms with E-state index in [-0.39, 0.29) is 29.2 Å². The molecule has 1 saturated carbocycles. The van der Waals surface area contributed by atoms with Gasteiger partial charge in [-0.1, -0.05) is 13.8 Å². The summed E-state index contributed by atoms with van der Waals surface area (Å²) in [5, 5.41) is 3.60. The van der Waals surface area contributed by atoms with Crippen molar-refractivity contribution >= 4 is 16.8 Å². The minimum Gasteiger partial charge on any atom is -0.381 e. The van der Waals surface area contributed by atoms with Gasteiger partial charge in [0.25, 0.3) is 0 Å². The van der Waals surface area contributed by atoms with Crippen molar-refractivity contribution < 1.29 is 22.7 Å². The van der Waals surface area contributed by atoms with Gasteiger partial charge in [-0.15, -0.1) is 0 Å². The number of aromatic amines is 1. The number of carbonyl (C=O) groups excluding carboxylic acids is 1. The number of hydrogen-bond acceptors (Lipinski definition) is 2. The average molecular weight is 473 g/mol. The predicted molar refractivity (Wildman–Crippen MR) is 127 cm³/mol. The molecule has 3 aromatic rings. The first kappa shape index (κ1) is 24.3. The Balaban J connectivity index is 0.00000133. The summed E-state index contributed by atoms with van der Waals surface area (Å²) in [6.45, 7) is 5.42. The third-order valence-electron chi connectivity index (χ3n) is 6.72. The van der Waals surface area contributed by atoms with Crippen molar-refractivity contribution in [3.05, 3.63) is 59.4 Å². The summed E-state index contributed by atoms with van der Waals surface area (Å²) < 4.78 is 47.3. The Morgan fingerprint density at radius 3 is 2.38 bits per heavy atom. The molecule has 0 atom stereocenters. The van der Waals surface area contributed by atoms with Crippen LogP contribution in [0.1, 0.15) is 57.4 Å². The molecule has 0 spiro atoms. The highest BCUT2D eigenvalue weighted by atomic mass is 19.1. The molecule has 2 heterocycles. The zero-order valence-corrected chi connectivity index (χ0v) is 19.6. The number of carbonyl (C=O) groups is 1. The largest absolute Gasteiger partial charge is 0.381 e. The van der Waals surface area contributed by atoms with Crippen LogP contribution < -0.4 is 5.32 Å². The molecule has 1 aliphatic heterocycles. The van der Waals surface area contributed by atoms with Crippen molar-refractivity contribution in [2.24, 2.45) is 5.92 Å². The Labute approximate surface area is 197 Å². The molecule has 4 nitrogen and oxygen atoms in total. The summed E-state index contributed by atoms with van der Waals surface area (Å²) in [5.74, 6) is -1.20. The van der Waals surface area contributed by atoms with Crippen LogP contribution in [0.5, 0.6) is 0 Å². The Morgan fingerprint density at radius 2 is 1.71 bits per heavy atom. The van der Waals surface area contributed by atoms with E-state index < -0.39 is 11.6 Å². The number of nitrogens with one attached hydrogen (secondary N) is 2. The highest BCUT2D eigenvalue weighted by Gasteiger charge is 2.35. The molecule has 2 aromatic carbocycles. The van der Waals surface area contributed by atoms with Crippen LogP contribution in [-0.4, -0.2) is 30.1 Å². The van der Waals surface area contributed by atoms with Gasteiger partial charge in [0.2, 0.25) is 5.91 Å². The van der Waals surface area contributed by atoms with Gasteiger partial charge in [-0.2, -0.15) is 0 Å². The summed E-state index contributed by atoms with van der Waals surface area (Å²) in [4.78, 5) is 15.5. The minimum atomic E-state index is -0.657. The summed E-state index contributed by atoms with van der Waals surface area (Å²) in [6.07, 6.45) is 3.72. The lowest BCUT2D eigenvalue weighted by Gasteiger charge is -2.37. The molecule has 0 bridgehead atoms. The first-order valence-corrected chi connectivity index (χ1v) is 12.1. The first-order valence-electron chi connectivity index (χ1n) is 12.1. The molecule has 1 saturated heterocycles. The SMILES string of the molecule is CC.O=C(CC1CCOCC1)NC1CC(c2c(-c3ccc(F)cc3)[nH]c3c(F)cc(F)cc23)C1. The van der Waals surface area contributed by atoms with E-state index >= 15 is 0 Å². The second-order valence-electron chi connectivity index (χ2n) is 8.92. The van der Waals surface area contributed by atoms with Crippen molar-refractivity contribution in [3.8, 4) is 11.3 Å². The lowest BCUT2D eigenvalue weighted by molar-refractivity contribution is -0.124. The van der Waals surface area contributed by atoms with Crippen LogP contribution in [0, 0.1) is 23.4 Å². The summed E-state index contributed by atoms with van der Waals surface area (Å²) in [7, 11) is 0. The highest BCUT2D eigenvalue weighted by Crippen LogP contribution is 2.45. The fourth-order valence-corrected chi connectivity index (χ4v) is 4.98. The van der Waals surface area contributed by atoms with Crippen molar-refractivity contribution in [1.82, 2.24) is 10.3 Å². The van der Waals surface area contributed by atoms with Crippen LogP contribution in [0.4, 0.5) is 13.2 Å². The van der Waals surface area contributed by atoms with Crippen LogP contribution >= 0.6 is 0 Å². The van der Waals surface area contributed by atoms with E-state index in [1.807, 2.05) is 13.8 Å².